The quantitative estimate of drug-likeness (QED) is 0.0195. The van der Waals surface area contributed by atoms with Crippen molar-refractivity contribution >= 4 is 11.9 Å². The molecule has 0 bridgehead atoms. The Hall–Kier alpha value is -1.86. The second-order valence-electron chi connectivity index (χ2n) is 23.5. The molecule has 6 N–H and O–H groups in total. The van der Waals surface area contributed by atoms with Crippen LogP contribution >= 0.6 is 0 Å². The molecular formula is C67H127NO10. The highest BCUT2D eigenvalue weighted by atomic mass is 16.7. The van der Waals surface area contributed by atoms with Crippen LogP contribution in [0.1, 0.15) is 328 Å². The SMILES string of the molecule is CCCCCCCCC/C=C/C(O)C(COC1OC(CO)C(O)C(O)C1O)NC(=O)CCCCCCCCCCCCCC/C=C\CCCCCCCCCCCCCCOC(=O)CCCCCCCCCCCCCCC. The first kappa shape index (κ1) is 74.2. The molecule has 7 unspecified atom stereocenters. The average Bonchev–Trinajstić information content (AvgIpc) is 3.44. The van der Waals surface area contributed by atoms with Crippen molar-refractivity contribution in [1.29, 1.82) is 0 Å². The van der Waals surface area contributed by atoms with Crippen LogP contribution in [0.3, 0.4) is 0 Å². The van der Waals surface area contributed by atoms with E-state index in [-0.39, 0.29) is 18.5 Å². The summed E-state index contributed by atoms with van der Waals surface area (Å²) in [5, 5.41) is 54.3. The number of aliphatic hydroxyl groups excluding tert-OH is 5. The highest BCUT2D eigenvalue weighted by Gasteiger charge is 2.44. The van der Waals surface area contributed by atoms with Crippen LogP contribution in [-0.2, 0) is 23.8 Å². The largest absolute Gasteiger partial charge is 0.466 e. The van der Waals surface area contributed by atoms with Gasteiger partial charge in [0, 0.05) is 12.8 Å². The lowest BCUT2D eigenvalue weighted by Crippen LogP contribution is -2.60. The third-order valence-corrected chi connectivity index (χ3v) is 16.1. The Bertz CT molecular complexity index is 1350. The summed E-state index contributed by atoms with van der Waals surface area (Å²) in [6, 6.07) is -0.808. The number of aliphatic hydroxyl groups is 5. The summed E-state index contributed by atoms with van der Waals surface area (Å²) < 4.78 is 16.7. The van der Waals surface area contributed by atoms with Crippen molar-refractivity contribution in [2.45, 2.75) is 371 Å². The van der Waals surface area contributed by atoms with Gasteiger partial charge in [0.25, 0.3) is 0 Å². The summed E-state index contributed by atoms with van der Waals surface area (Å²) in [6.07, 6.45) is 60.3. The monoisotopic (exact) mass is 1110 g/mol. The van der Waals surface area contributed by atoms with Gasteiger partial charge in [-0.05, 0) is 57.8 Å². The Labute approximate surface area is 480 Å². The summed E-state index contributed by atoms with van der Waals surface area (Å²) >= 11 is 0. The Morgan fingerprint density at radius 1 is 0.462 bits per heavy atom. The van der Waals surface area contributed by atoms with Gasteiger partial charge in [0.1, 0.15) is 24.4 Å². The zero-order chi connectivity index (χ0) is 56.6. The van der Waals surface area contributed by atoms with Crippen molar-refractivity contribution in [3.63, 3.8) is 0 Å². The molecule has 0 aromatic rings. The number of allylic oxidation sites excluding steroid dienone is 3. The van der Waals surface area contributed by atoms with E-state index in [0.29, 0.717) is 19.4 Å². The number of hydrogen-bond acceptors (Lipinski definition) is 10. The third-order valence-electron chi connectivity index (χ3n) is 16.1. The molecule has 0 aliphatic carbocycles. The fraction of sp³-hybridized carbons (Fsp3) is 0.910. The van der Waals surface area contributed by atoms with Crippen molar-refractivity contribution in [1.82, 2.24) is 5.32 Å². The van der Waals surface area contributed by atoms with Crippen LogP contribution in [0.25, 0.3) is 0 Å². The lowest BCUT2D eigenvalue weighted by Gasteiger charge is -2.40. The molecule has 0 radical (unpaired) electrons. The maximum atomic E-state index is 13.0. The number of hydrogen-bond donors (Lipinski definition) is 6. The number of unbranched alkanes of at least 4 members (excludes halogenated alkanes) is 43. The predicted octanol–water partition coefficient (Wildman–Crippen LogP) is 16.5. The van der Waals surface area contributed by atoms with Gasteiger partial charge < -0.3 is 45.1 Å². The summed E-state index contributed by atoms with van der Waals surface area (Å²) in [4.78, 5) is 25.1. The van der Waals surface area contributed by atoms with Gasteiger partial charge >= 0.3 is 5.97 Å². The number of rotatable bonds is 59. The summed E-state index contributed by atoms with van der Waals surface area (Å²) in [5.74, 6) is -0.174. The minimum Gasteiger partial charge on any atom is -0.466 e. The fourth-order valence-electron chi connectivity index (χ4n) is 10.7. The number of ether oxygens (including phenoxy) is 3. The van der Waals surface area contributed by atoms with E-state index in [1.165, 1.54) is 244 Å². The van der Waals surface area contributed by atoms with Crippen molar-refractivity contribution in [3.8, 4) is 0 Å². The number of carbonyl (C=O) groups is 2. The minimum absolute atomic E-state index is 0.00856. The van der Waals surface area contributed by atoms with E-state index in [2.05, 4.69) is 31.3 Å². The Morgan fingerprint density at radius 2 is 0.821 bits per heavy atom. The van der Waals surface area contributed by atoms with Gasteiger partial charge in [0.2, 0.25) is 5.91 Å². The molecule has 1 fully saturated rings. The lowest BCUT2D eigenvalue weighted by molar-refractivity contribution is -0.302. The molecule has 0 saturated carbocycles. The van der Waals surface area contributed by atoms with E-state index in [9.17, 15) is 35.1 Å². The minimum atomic E-state index is -1.57. The molecule has 1 amide bonds. The second-order valence-corrected chi connectivity index (χ2v) is 23.5. The Balaban J connectivity index is 1.94. The van der Waals surface area contributed by atoms with Gasteiger partial charge in [-0.15, -0.1) is 0 Å². The lowest BCUT2D eigenvalue weighted by atomic mass is 9.99. The molecule has 460 valence electrons. The highest BCUT2D eigenvalue weighted by molar-refractivity contribution is 5.76. The van der Waals surface area contributed by atoms with Crippen LogP contribution in [-0.4, -0.2) is 100 Å². The number of amides is 1. The Morgan fingerprint density at radius 3 is 1.23 bits per heavy atom. The molecule has 11 heteroatoms. The number of nitrogens with one attached hydrogen (secondary N) is 1. The standard InChI is InChI=1S/C67H127NO10/c1-3-5-7-9-11-13-14-31-35-39-43-47-51-55-63(72)76-56-52-48-44-40-36-33-30-28-26-24-22-20-18-16-15-17-19-21-23-25-27-29-32-34-38-42-46-50-54-62(71)68-59(60(70)53-49-45-41-37-12-10-8-6-4-2)58-77-67-66(75)65(74)64(73)61(57-69)78-67/h15-16,49,53,59-61,64-67,69-70,73-75H,3-14,17-48,50-52,54-58H2,1-2H3,(H,68,71)/b16-15-,53-49+. The maximum Gasteiger partial charge on any atom is 0.305 e. The van der Waals surface area contributed by atoms with E-state index in [4.69, 9.17) is 14.2 Å². The first-order chi connectivity index (χ1) is 38.2. The van der Waals surface area contributed by atoms with Gasteiger partial charge in [-0.3, -0.25) is 9.59 Å². The molecule has 1 saturated heterocycles. The van der Waals surface area contributed by atoms with Crippen molar-refractivity contribution in [2.24, 2.45) is 0 Å². The number of carbonyl (C=O) groups excluding carboxylic acids is 2. The van der Waals surface area contributed by atoms with Crippen molar-refractivity contribution < 1.29 is 49.3 Å². The molecule has 1 heterocycles. The van der Waals surface area contributed by atoms with Crippen LogP contribution in [0.2, 0.25) is 0 Å². The molecule has 1 aliphatic rings. The normalized spacial score (nSPS) is 18.6. The maximum absolute atomic E-state index is 13.0. The summed E-state index contributed by atoms with van der Waals surface area (Å²) in [6.45, 7) is 4.34. The summed E-state index contributed by atoms with van der Waals surface area (Å²) in [5.41, 5.74) is 0. The molecular weight excluding hydrogens is 979 g/mol. The first-order valence-corrected chi connectivity index (χ1v) is 33.6. The average molecular weight is 1110 g/mol. The number of esters is 1. The van der Waals surface area contributed by atoms with E-state index in [1.807, 2.05) is 6.08 Å². The molecule has 0 aromatic heterocycles. The topological polar surface area (TPSA) is 175 Å². The molecule has 7 atom stereocenters. The van der Waals surface area contributed by atoms with Gasteiger partial charge in [-0.25, -0.2) is 0 Å². The van der Waals surface area contributed by atoms with Crippen LogP contribution in [0.4, 0.5) is 0 Å². The molecule has 0 spiro atoms. The first-order valence-electron chi connectivity index (χ1n) is 33.6. The van der Waals surface area contributed by atoms with Gasteiger partial charge in [-0.1, -0.05) is 282 Å². The van der Waals surface area contributed by atoms with E-state index >= 15 is 0 Å². The van der Waals surface area contributed by atoms with Crippen LogP contribution in [0, 0.1) is 0 Å². The third kappa shape index (κ3) is 45.7. The van der Waals surface area contributed by atoms with Crippen molar-refractivity contribution in [2.75, 3.05) is 19.8 Å². The van der Waals surface area contributed by atoms with Crippen LogP contribution in [0.5, 0.6) is 0 Å². The smallest absolute Gasteiger partial charge is 0.305 e. The van der Waals surface area contributed by atoms with Gasteiger partial charge in [-0.2, -0.15) is 0 Å². The second kappa shape index (κ2) is 57.0. The predicted molar refractivity (Wildman–Crippen MR) is 324 cm³/mol. The van der Waals surface area contributed by atoms with E-state index < -0.39 is 49.5 Å². The summed E-state index contributed by atoms with van der Waals surface area (Å²) in [7, 11) is 0. The van der Waals surface area contributed by atoms with Crippen LogP contribution in [0.15, 0.2) is 24.3 Å². The van der Waals surface area contributed by atoms with E-state index in [0.717, 1.165) is 57.8 Å². The molecule has 0 aromatic carbocycles. The van der Waals surface area contributed by atoms with Crippen LogP contribution < -0.4 is 5.32 Å². The molecule has 11 nitrogen and oxygen atoms in total. The highest BCUT2D eigenvalue weighted by Crippen LogP contribution is 2.23. The van der Waals surface area contributed by atoms with Gasteiger partial charge in [0.15, 0.2) is 6.29 Å². The zero-order valence-electron chi connectivity index (χ0n) is 50.9. The molecule has 78 heavy (non-hydrogen) atoms. The fourth-order valence-corrected chi connectivity index (χ4v) is 10.7. The van der Waals surface area contributed by atoms with Gasteiger partial charge in [0.05, 0.1) is 32.0 Å². The molecule has 1 rings (SSSR count). The molecule has 1 aliphatic heterocycles. The van der Waals surface area contributed by atoms with E-state index in [1.54, 1.807) is 6.08 Å². The Kier molecular flexibility index (Phi) is 54.2. The van der Waals surface area contributed by atoms with Crippen molar-refractivity contribution in [3.05, 3.63) is 24.3 Å². The zero-order valence-corrected chi connectivity index (χ0v) is 50.9.